The molecule has 4 aromatic rings. The minimum atomic E-state index is -0.532. The van der Waals surface area contributed by atoms with Crippen molar-refractivity contribution in [2.45, 2.75) is 13.0 Å². The Kier molecular flexibility index (Phi) is 4.58. The van der Waals surface area contributed by atoms with Gasteiger partial charge in [0.2, 0.25) is 0 Å². The Morgan fingerprint density at radius 3 is 2.90 bits per heavy atom. The number of H-pyrrole nitrogens is 1. The molecule has 1 atom stereocenters. The number of nitrogens with zero attached hydrogens (tertiary/aromatic N) is 6. The largest absolute Gasteiger partial charge is 0.382 e. The van der Waals surface area contributed by atoms with Crippen LogP contribution >= 0.6 is 11.6 Å². The van der Waals surface area contributed by atoms with E-state index in [2.05, 4.69) is 30.5 Å². The summed E-state index contributed by atoms with van der Waals surface area (Å²) in [6.07, 6.45) is 2.78. The van der Waals surface area contributed by atoms with Crippen LogP contribution < -0.4 is 16.6 Å². The molecule has 0 radical (unpaired) electrons. The second kappa shape index (κ2) is 7.21. The van der Waals surface area contributed by atoms with Gasteiger partial charge >= 0.3 is 0 Å². The minimum absolute atomic E-state index is 0.0569. The van der Waals surface area contributed by atoms with Crippen LogP contribution in [-0.4, -0.2) is 29.7 Å². The molecule has 0 spiro atoms. The number of nitrogens with two attached hydrogens (primary N) is 1. The molecule has 0 saturated heterocycles. The number of halogens is 1. The molecule has 3 heterocycles. The Labute approximate surface area is 169 Å². The summed E-state index contributed by atoms with van der Waals surface area (Å²) in [6.45, 7) is 1.78. The number of fused-ring (bicyclic) bond motifs is 1. The average Bonchev–Trinajstić information content (AvgIpc) is 3.22. The summed E-state index contributed by atoms with van der Waals surface area (Å²) in [5.74, 6) is 1.09. The van der Waals surface area contributed by atoms with Crippen molar-refractivity contribution < 1.29 is 0 Å². The van der Waals surface area contributed by atoms with Crippen molar-refractivity contribution in [3.8, 4) is 11.9 Å². The van der Waals surface area contributed by atoms with Crippen LogP contribution in [0.25, 0.3) is 16.7 Å². The smallest absolute Gasteiger partial charge is 0.268 e. The average molecular weight is 408 g/mol. The first-order chi connectivity index (χ1) is 14.0. The lowest BCUT2D eigenvalue weighted by atomic mass is 10.2. The van der Waals surface area contributed by atoms with Gasteiger partial charge in [-0.2, -0.15) is 10.4 Å². The number of benzene rings is 1. The van der Waals surface area contributed by atoms with Gasteiger partial charge in [-0.1, -0.05) is 17.7 Å². The van der Waals surface area contributed by atoms with Gasteiger partial charge in [-0.25, -0.2) is 19.5 Å². The first kappa shape index (κ1) is 18.4. The molecular weight excluding hydrogens is 394 g/mol. The fraction of sp³-hybridized carbons (Fsp3) is 0.111. The van der Waals surface area contributed by atoms with Gasteiger partial charge in [0.1, 0.15) is 41.2 Å². The molecule has 3 aromatic heterocycles. The Morgan fingerprint density at radius 2 is 2.17 bits per heavy atom. The molecule has 1 aromatic carbocycles. The van der Waals surface area contributed by atoms with Gasteiger partial charge < -0.3 is 11.1 Å². The molecule has 0 fully saturated rings. The number of hydrogen-bond donors (Lipinski definition) is 3. The third-order valence-corrected chi connectivity index (χ3v) is 4.64. The van der Waals surface area contributed by atoms with Crippen LogP contribution in [0.1, 0.15) is 24.4 Å². The lowest BCUT2D eigenvalue weighted by molar-refractivity contribution is 0.719. The van der Waals surface area contributed by atoms with Gasteiger partial charge in [-0.3, -0.25) is 9.89 Å². The van der Waals surface area contributed by atoms with Crippen molar-refractivity contribution in [2.24, 2.45) is 0 Å². The van der Waals surface area contributed by atoms with Crippen LogP contribution in [0.2, 0.25) is 5.02 Å². The molecule has 11 heteroatoms. The summed E-state index contributed by atoms with van der Waals surface area (Å²) < 4.78 is 1.38. The standard InChI is InChI=1S/C18H14ClN9O/c1-9(25-16-10(7-20)15(21)22-8-23-16)17-26-12-4-2-3-11(19)14(12)18(29)28(17)13-5-6-24-27-13/h2-6,8-9H,1H3,(H,24,27)(H3,21,22,23,25)/t9-/m0/s1. The minimum Gasteiger partial charge on any atom is -0.382 e. The first-order valence-corrected chi connectivity index (χ1v) is 8.87. The summed E-state index contributed by atoms with van der Waals surface area (Å²) in [6, 6.07) is 8.15. The maximum atomic E-state index is 13.3. The highest BCUT2D eigenvalue weighted by atomic mass is 35.5. The number of aromatic nitrogens is 6. The maximum absolute atomic E-state index is 13.3. The van der Waals surface area contributed by atoms with Crippen LogP contribution in [0.15, 0.2) is 41.6 Å². The summed E-state index contributed by atoms with van der Waals surface area (Å²) in [7, 11) is 0. The van der Waals surface area contributed by atoms with Crippen molar-refractivity contribution in [3.63, 3.8) is 0 Å². The van der Waals surface area contributed by atoms with Crippen molar-refractivity contribution in [2.75, 3.05) is 11.1 Å². The van der Waals surface area contributed by atoms with Crippen LogP contribution in [0, 0.1) is 11.3 Å². The molecule has 0 bridgehead atoms. The van der Waals surface area contributed by atoms with Crippen LogP contribution in [-0.2, 0) is 0 Å². The lowest BCUT2D eigenvalue weighted by Gasteiger charge is -2.19. The Morgan fingerprint density at radius 1 is 1.34 bits per heavy atom. The van der Waals surface area contributed by atoms with E-state index in [0.717, 1.165) is 0 Å². The molecule has 29 heavy (non-hydrogen) atoms. The Hall–Kier alpha value is -3.97. The highest BCUT2D eigenvalue weighted by Gasteiger charge is 2.21. The molecule has 0 saturated carbocycles. The normalized spacial score (nSPS) is 11.9. The van der Waals surface area contributed by atoms with Gasteiger partial charge in [-0.05, 0) is 19.1 Å². The molecule has 4 rings (SSSR count). The molecule has 4 N–H and O–H groups in total. The number of aromatic amines is 1. The predicted molar refractivity (Wildman–Crippen MR) is 108 cm³/mol. The van der Waals surface area contributed by atoms with Crippen molar-refractivity contribution in [1.29, 1.82) is 5.26 Å². The van der Waals surface area contributed by atoms with E-state index in [1.165, 1.54) is 17.1 Å². The molecule has 0 aliphatic rings. The van der Waals surface area contributed by atoms with Gasteiger partial charge in [0.25, 0.3) is 5.56 Å². The highest BCUT2D eigenvalue weighted by Crippen LogP contribution is 2.25. The van der Waals surface area contributed by atoms with Crippen LogP contribution in [0.5, 0.6) is 0 Å². The zero-order valence-electron chi connectivity index (χ0n) is 15.1. The number of nitrogens with one attached hydrogen (secondary N) is 2. The monoisotopic (exact) mass is 407 g/mol. The Bertz CT molecular complexity index is 1310. The van der Waals surface area contributed by atoms with Gasteiger partial charge in [0.15, 0.2) is 0 Å². The van der Waals surface area contributed by atoms with Crippen molar-refractivity contribution in [1.82, 2.24) is 29.7 Å². The summed E-state index contributed by atoms with van der Waals surface area (Å²) in [5.41, 5.74) is 5.96. The van der Waals surface area contributed by atoms with Crippen molar-refractivity contribution >= 4 is 34.1 Å². The van der Waals surface area contributed by atoms with E-state index in [9.17, 15) is 10.1 Å². The van der Waals surface area contributed by atoms with E-state index in [-0.39, 0.29) is 22.8 Å². The summed E-state index contributed by atoms with van der Waals surface area (Å²) in [4.78, 5) is 25.8. The second-order valence-electron chi connectivity index (χ2n) is 6.15. The van der Waals surface area contributed by atoms with E-state index < -0.39 is 6.04 Å². The quantitative estimate of drug-likeness (QED) is 0.465. The maximum Gasteiger partial charge on any atom is 0.268 e. The molecule has 0 aliphatic carbocycles. The summed E-state index contributed by atoms with van der Waals surface area (Å²) >= 11 is 6.25. The highest BCUT2D eigenvalue weighted by molar-refractivity contribution is 6.35. The zero-order valence-corrected chi connectivity index (χ0v) is 15.8. The number of nitrogen functional groups attached to an aromatic ring is 1. The second-order valence-corrected chi connectivity index (χ2v) is 6.55. The topological polar surface area (TPSA) is 151 Å². The molecule has 144 valence electrons. The predicted octanol–water partition coefficient (Wildman–Crippen LogP) is 2.18. The van der Waals surface area contributed by atoms with E-state index >= 15 is 0 Å². The third kappa shape index (κ3) is 3.13. The molecule has 0 amide bonds. The van der Waals surface area contributed by atoms with Crippen LogP contribution in [0.4, 0.5) is 11.6 Å². The van der Waals surface area contributed by atoms with Crippen molar-refractivity contribution in [3.05, 3.63) is 63.6 Å². The van der Waals surface area contributed by atoms with E-state index in [0.29, 0.717) is 27.6 Å². The van der Waals surface area contributed by atoms with Gasteiger partial charge in [0, 0.05) is 6.07 Å². The number of hydrogen-bond acceptors (Lipinski definition) is 8. The molecule has 0 unspecified atom stereocenters. The first-order valence-electron chi connectivity index (χ1n) is 8.49. The van der Waals surface area contributed by atoms with Gasteiger partial charge in [-0.15, -0.1) is 0 Å². The Balaban J connectivity index is 1.92. The SMILES string of the molecule is C[C@H](Nc1ncnc(N)c1C#N)c1nc2cccc(Cl)c2c(=O)n1-c1ccn[nH]1. The fourth-order valence-corrected chi connectivity index (χ4v) is 3.24. The zero-order chi connectivity index (χ0) is 20.5. The number of rotatable bonds is 4. The number of anilines is 2. The summed E-state index contributed by atoms with van der Waals surface area (Å²) in [5, 5.41) is 19.7. The van der Waals surface area contributed by atoms with E-state index in [4.69, 9.17) is 17.3 Å². The molecule has 0 aliphatic heterocycles. The fourth-order valence-electron chi connectivity index (χ4n) is 2.99. The number of nitriles is 1. The molecular formula is C18H14ClN9O. The van der Waals surface area contributed by atoms with E-state index in [1.54, 1.807) is 31.2 Å². The van der Waals surface area contributed by atoms with Crippen LogP contribution in [0.3, 0.4) is 0 Å². The van der Waals surface area contributed by atoms with E-state index in [1.807, 2.05) is 6.07 Å². The molecule has 10 nitrogen and oxygen atoms in total. The van der Waals surface area contributed by atoms with Gasteiger partial charge in [0.05, 0.1) is 28.2 Å². The third-order valence-electron chi connectivity index (χ3n) is 4.33. The lowest BCUT2D eigenvalue weighted by Crippen LogP contribution is -2.28.